The van der Waals surface area contributed by atoms with Crippen LogP contribution in [0.2, 0.25) is 0 Å². The largest absolute Gasteiger partial charge is 0.399 e. The van der Waals surface area contributed by atoms with Crippen LogP contribution in [0.4, 0.5) is 21.6 Å². The van der Waals surface area contributed by atoms with Gasteiger partial charge in [0, 0.05) is 29.2 Å². The first-order valence-corrected chi connectivity index (χ1v) is 7.70. The summed E-state index contributed by atoms with van der Waals surface area (Å²) in [4.78, 5) is 13.0. The van der Waals surface area contributed by atoms with E-state index in [0.717, 1.165) is 11.1 Å². The van der Waals surface area contributed by atoms with Crippen LogP contribution in [0.5, 0.6) is 0 Å². The quantitative estimate of drug-likeness (QED) is 0.551. The standard InChI is InChI=1S/C19H14FN5/c20-16-4-2-1-3-14(16)18-24-17-11-12(21)5-6-15(17)19(25-18)23-13-7-9-22-10-8-13/h1-11H,21H2,(H,22,23,24,25). The Morgan fingerprint density at radius 3 is 2.52 bits per heavy atom. The van der Waals surface area contributed by atoms with Crippen molar-refractivity contribution >= 4 is 28.1 Å². The monoisotopic (exact) mass is 331 g/mol. The molecule has 0 aliphatic carbocycles. The first-order chi connectivity index (χ1) is 12.2. The molecule has 4 rings (SSSR count). The van der Waals surface area contributed by atoms with E-state index in [0.29, 0.717) is 28.4 Å². The van der Waals surface area contributed by atoms with Gasteiger partial charge in [0.25, 0.3) is 0 Å². The van der Waals surface area contributed by atoms with Crippen molar-refractivity contribution in [1.29, 1.82) is 0 Å². The number of nitrogens with zero attached hydrogens (tertiary/aromatic N) is 3. The summed E-state index contributed by atoms with van der Waals surface area (Å²) in [5, 5.41) is 4.04. The van der Waals surface area contributed by atoms with Crippen LogP contribution in [0.15, 0.2) is 67.0 Å². The number of benzene rings is 2. The number of halogens is 1. The third kappa shape index (κ3) is 2.97. The molecule has 0 unspecified atom stereocenters. The van der Waals surface area contributed by atoms with Crippen molar-refractivity contribution in [3.63, 3.8) is 0 Å². The lowest BCUT2D eigenvalue weighted by atomic mass is 10.1. The molecule has 0 atom stereocenters. The maximum Gasteiger partial charge on any atom is 0.165 e. The Morgan fingerprint density at radius 1 is 0.920 bits per heavy atom. The zero-order valence-electron chi connectivity index (χ0n) is 13.1. The summed E-state index contributed by atoms with van der Waals surface area (Å²) >= 11 is 0. The molecule has 0 amide bonds. The number of aromatic nitrogens is 3. The Balaban J connectivity index is 1.92. The number of anilines is 3. The Bertz CT molecular complexity index is 1050. The van der Waals surface area contributed by atoms with E-state index in [4.69, 9.17) is 5.73 Å². The molecule has 0 saturated heterocycles. The molecule has 0 bridgehead atoms. The van der Waals surface area contributed by atoms with Crippen molar-refractivity contribution in [3.8, 4) is 11.4 Å². The average Bonchev–Trinajstić information content (AvgIpc) is 2.62. The highest BCUT2D eigenvalue weighted by molar-refractivity contribution is 5.93. The summed E-state index contributed by atoms with van der Waals surface area (Å²) < 4.78 is 14.2. The molecule has 0 spiro atoms. The second-order valence-electron chi connectivity index (χ2n) is 5.51. The molecule has 25 heavy (non-hydrogen) atoms. The SMILES string of the molecule is Nc1ccc2c(Nc3ccncc3)nc(-c3ccccc3F)nc2c1. The first-order valence-electron chi connectivity index (χ1n) is 7.70. The van der Waals surface area contributed by atoms with Crippen molar-refractivity contribution in [2.75, 3.05) is 11.1 Å². The van der Waals surface area contributed by atoms with Crippen LogP contribution in [0.1, 0.15) is 0 Å². The Morgan fingerprint density at radius 2 is 1.72 bits per heavy atom. The van der Waals surface area contributed by atoms with Crippen LogP contribution in [-0.4, -0.2) is 15.0 Å². The van der Waals surface area contributed by atoms with Gasteiger partial charge in [0.15, 0.2) is 5.82 Å². The maximum absolute atomic E-state index is 14.2. The number of fused-ring (bicyclic) bond motifs is 1. The molecule has 2 aromatic heterocycles. The summed E-state index contributed by atoms with van der Waals surface area (Å²) in [6, 6.07) is 15.5. The summed E-state index contributed by atoms with van der Waals surface area (Å²) in [6.07, 6.45) is 3.36. The van der Waals surface area contributed by atoms with Crippen molar-refractivity contribution < 1.29 is 4.39 Å². The van der Waals surface area contributed by atoms with Crippen molar-refractivity contribution in [2.24, 2.45) is 0 Å². The molecule has 2 heterocycles. The second kappa shape index (κ2) is 6.16. The zero-order valence-corrected chi connectivity index (χ0v) is 13.1. The fraction of sp³-hybridized carbons (Fsp3) is 0. The van der Waals surface area contributed by atoms with Crippen LogP contribution in [0, 0.1) is 5.82 Å². The van der Waals surface area contributed by atoms with E-state index in [1.54, 1.807) is 42.7 Å². The minimum Gasteiger partial charge on any atom is -0.399 e. The van der Waals surface area contributed by atoms with Gasteiger partial charge in [-0.05, 0) is 42.5 Å². The summed E-state index contributed by atoms with van der Waals surface area (Å²) in [6.45, 7) is 0. The Hall–Kier alpha value is -3.54. The van der Waals surface area contributed by atoms with Gasteiger partial charge in [-0.1, -0.05) is 12.1 Å². The highest BCUT2D eigenvalue weighted by atomic mass is 19.1. The van der Waals surface area contributed by atoms with Gasteiger partial charge in [-0.25, -0.2) is 14.4 Å². The number of nitrogen functional groups attached to an aromatic ring is 1. The summed E-state index contributed by atoms with van der Waals surface area (Å²) in [7, 11) is 0. The molecule has 3 N–H and O–H groups in total. The molecule has 6 heteroatoms. The number of hydrogen-bond donors (Lipinski definition) is 2. The van der Waals surface area contributed by atoms with E-state index in [9.17, 15) is 4.39 Å². The predicted molar refractivity (Wildman–Crippen MR) is 96.9 cm³/mol. The Labute approximate surface area is 143 Å². The van der Waals surface area contributed by atoms with Gasteiger partial charge in [0.05, 0.1) is 11.1 Å². The van der Waals surface area contributed by atoms with Gasteiger partial charge in [-0.3, -0.25) is 4.98 Å². The number of hydrogen-bond acceptors (Lipinski definition) is 5. The van der Waals surface area contributed by atoms with E-state index >= 15 is 0 Å². The van der Waals surface area contributed by atoms with Crippen molar-refractivity contribution in [2.45, 2.75) is 0 Å². The summed E-state index contributed by atoms with van der Waals surface area (Å²) in [5.41, 5.74) is 8.27. The van der Waals surface area contributed by atoms with Gasteiger partial charge in [0.1, 0.15) is 11.6 Å². The number of rotatable bonds is 3. The fourth-order valence-corrected chi connectivity index (χ4v) is 2.58. The van der Waals surface area contributed by atoms with E-state index in [-0.39, 0.29) is 5.82 Å². The lowest BCUT2D eigenvalue weighted by Crippen LogP contribution is -2.01. The summed E-state index contributed by atoms with van der Waals surface area (Å²) in [5.74, 6) is 0.503. The van der Waals surface area contributed by atoms with E-state index in [2.05, 4.69) is 20.3 Å². The average molecular weight is 331 g/mol. The van der Waals surface area contributed by atoms with Gasteiger partial charge >= 0.3 is 0 Å². The molecule has 2 aromatic carbocycles. The van der Waals surface area contributed by atoms with E-state index in [1.807, 2.05) is 18.2 Å². The number of nitrogens with one attached hydrogen (secondary N) is 1. The molecular weight excluding hydrogens is 317 g/mol. The first kappa shape index (κ1) is 15.0. The normalized spacial score (nSPS) is 10.8. The third-order valence-corrected chi connectivity index (χ3v) is 3.78. The van der Waals surface area contributed by atoms with Crippen LogP contribution in [0.25, 0.3) is 22.3 Å². The lowest BCUT2D eigenvalue weighted by molar-refractivity contribution is 0.630. The van der Waals surface area contributed by atoms with Gasteiger partial charge in [-0.15, -0.1) is 0 Å². The molecule has 5 nitrogen and oxygen atoms in total. The minimum absolute atomic E-state index is 0.299. The molecule has 122 valence electrons. The second-order valence-corrected chi connectivity index (χ2v) is 5.51. The highest BCUT2D eigenvalue weighted by Gasteiger charge is 2.13. The van der Waals surface area contributed by atoms with E-state index in [1.165, 1.54) is 6.07 Å². The number of pyridine rings is 1. The molecular formula is C19H14FN5. The van der Waals surface area contributed by atoms with Crippen LogP contribution >= 0.6 is 0 Å². The van der Waals surface area contributed by atoms with Crippen molar-refractivity contribution in [1.82, 2.24) is 15.0 Å². The predicted octanol–water partition coefficient (Wildman–Crippen LogP) is 4.16. The lowest BCUT2D eigenvalue weighted by Gasteiger charge is -2.11. The van der Waals surface area contributed by atoms with Crippen LogP contribution in [0.3, 0.4) is 0 Å². The highest BCUT2D eigenvalue weighted by Crippen LogP contribution is 2.29. The minimum atomic E-state index is -0.374. The van der Waals surface area contributed by atoms with Crippen LogP contribution < -0.4 is 11.1 Å². The fourth-order valence-electron chi connectivity index (χ4n) is 2.58. The topological polar surface area (TPSA) is 76.7 Å². The van der Waals surface area contributed by atoms with Crippen LogP contribution in [-0.2, 0) is 0 Å². The molecule has 0 aliphatic rings. The van der Waals surface area contributed by atoms with Crippen molar-refractivity contribution in [3.05, 3.63) is 72.8 Å². The van der Waals surface area contributed by atoms with Gasteiger partial charge < -0.3 is 11.1 Å². The number of nitrogens with two attached hydrogens (primary N) is 1. The Kier molecular flexibility index (Phi) is 3.70. The molecule has 4 aromatic rings. The van der Waals surface area contributed by atoms with Gasteiger partial charge in [-0.2, -0.15) is 0 Å². The third-order valence-electron chi connectivity index (χ3n) is 3.78. The molecule has 0 fully saturated rings. The molecule has 0 saturated carbocycles. The smallest absolute Gasteiger partial charge is 0.165 e. The van der Waals surface area contributed by atoms with Gasteiger partial charge in [0.2, 0.25) is 0 Å². The molecule has 0 aliphatic heterocycles. The zero-order chi connectivity index (χ0) is 17.2. The molecule has 0 radical (unpaired) electrons. The van der Waals surface area contributed by atoms with E-state index < -0.39 is 0 Å². The maximum atomic E-state index is 14.2.